The van der Waals surface area contributed by atoms with Gasteiger partial charge in [-0.2, -0.15) is 0 Å². The molecule has 0 unspecified atom stereocenters. The van der Waals surface area contributed by atoms with Gasteiger partial charge >= 0.3 is 0 Å². The van der Waals surface area contributed by atoms with E-state index in [4.69, 9.17) is 0 Å². The molecule has 0 bridgehead atoms. The Morgan fingerprint density at radius 3 is 2.36 bits per heavy atom. The van der Waals surface area contributed by atoms with Gasteiger partial charge in [0.15, 0.2) is 0 Å². The Hall–Kier alpha value is -1.44. The molecule has 2 aliphatic rings. The van der Waals surface area contributed by atoms with Gasteiger partial charge in [0.05, 0.1) is 4.90 Å². The fraction of sp³-hybridized carbons (Fsp3) is 0.611. The van der Waals surface area contributed by atoms with Crippen LogP contribution in [0.15, 0.2) is 29.2 Å². The second-order valence-electron chi connectivity index (χ2n) is 7.43. The normalized spacial score (nSPS) is 21.1. The second-order valence-corrected chi connectivity index (χ2v) is 9.58. The molecule has 6 nitrogen and oxygen atoms in total. The zero-order valence-corrected chi connectivity index (χ0v) is 15.8. The first-order valence-corrected chi connectivity index (χ1v) is 10.3. The van der Waals surface area contributed by atoms with Crippen LogP contribution < -0.4 is 5.32 Å². The summed E-state index contributed by atoms with van der Waals surface area (Å²) in [5.74, 6) is 0.203. The lowest BCUT2D eigenvalue weighted by molar-refractivity contribution is -0.139. The summed E-state index contributed by atoms with van der Waals surface area (Å²) in [6.45, 7) is 3.42. The van der Waals surface area contributed by atoms with E-state index in [9.17, 15) is 13.2 Å². The highest BCUT2D eigenvalue weighted by Gasteiger charge is 2.39. The molecular formula is C18H27N3O3S. The van der Waals surface area contributed by atoms with Crippen molar-refractivity contribution in [2.24, 2.45) is 5.41 Å². The summed E-state index contributed by atoms with van der Waals surface area (Å²) < 4.78 is 25.5. The maximum Gasteiger partial charge on any atom is 0.242 e. The van der Waals surface area contributed by atoms with Crippen molar-refractivity contribution in [1.82, 2.24) is 14.5 Å². The molecule has 2 fully saturated rings. The Morgan fingerprint density at radius 1 is 1.12 bits per heavy atom. The van der Waals surface area contributed by atoms with Gasteiger partial charge in [-0.15, -0.1) is 0 Å². The molecule has 2 heterocycles. The maximum absolute atomic E-state index is 12.3. The minimum absolute atomic E-state index is 0.203. The molecule has 25 heavy (non-hydrogen) atoms. The summed E-state index contributed by atoms with van der Waals surface area (Å²) in [4.78, 5) is 14.6. The first-order chi connectivity index (χ1) is 11.8. The van der Waals surface area contributed by atoms with Crippen molar-refractivity contribution in [3.05, 3.63) is 29.8 Å². The summed E-state index contributed by atoms with van der Waals surface area (Å²) in [5, 5.41) is 3.40. The van der Waals surface area contributed by atoms with Crippen molar-refractivity contribution < 1.29 is 13.2 Å². The van der Waals surface area contributed by atoms with Crippen molar-refractivity contribution in [1.29, 1.82) is 0 Å². The topological polar surface area (TPSA) is 69.7 Å². The number of hydrogen-bond donors (Lipinski definition) is 1. The van der Waals surface area contributed by atoms with E-state index >= 15 is 0 Å². The number of carbonyl (C=O) groups is 1. The Labute approximate surface area is 150 Å². The van der Waals surface area contributed by atoms with Crippen LogP contribution in [0.2, 0.25) is 0 Å². The van der Waals surface area contributed by atoms with Crippen LogP contribution in [0.25, 0.3) is 0 Å². The van der Waals surface area contributed by atoms with E-state index in [0.29, 0.717) is 13.0 Å². The molecule has 7 heteroatoms. The number of hydrogen-bond acceptors (Lipinski definition) is 4. The van der Waals surface area contributed by atoms with Crippen LogP contribution in [0.4, 0.5) is 0 Å². The van der Waals surface area contributed by atoms with E-state index in [1.165, 1.54) is 18.4 Å². The van der Waals surface area contributed by atoms with E-state index < -0.39 is 10.0 Å². The van der Waals surface area contributed by atoms with E-state index in [0.717, 1.165) is 44.5 Å². The molecule has 0 aromatic heterocycles. The van der Waals surface area contributed by atoms with Crippen LogP contribution in [0, 0.1) is 5.41 Å². The Bertz CT molecular complexity index is 722. The zero-order chi connectivity index (χ0) is 18.1. The molecule has 1 aromatic carbocycles. The van der Waals surface area contributed by atoms with Crippen molar-refractivity contribution in [3.8, 4) is 0 Å². The number of likely N-dealkylation sites (tertiary alicyclic amines) is 1. The van der Waals surface area contributed by atoms with Crippen LogP contribution >= 0.6 is 0 Å². The average Bonchev–Trinajstić information content (AvgIpc) is 2.59. The summed E-state index contributed by atoms with van der Waals surface area (Å²) in [7, 11) is -0.370. The van der Waals surface area contributed by atoms with Crippen molar-refractivity contribution in [3.63, 3.8) is 0 Å². The Kier molecular flexibility index (Phi) is 5.18. The third-order valence-corrected chi connectivity index (χ3v) is 7.32. The Balaban J connectivity index is 1.71. The summed E-state index contributed by atoms with van der Waals surface area (Å²) in [6, 6.07) is 6.87. The van der Waals surface area contributed by atoms with Crippen molar-refractivity contribution in [2.75, 3.05) is 33.7 Å². The number of piperidine rings is 2. The van der Waals surface area contributed by atoms with Crippen LogP contribution in [-0.4, -0.2) is 57.3 Å². The predicted molar refractivity (Wildman–Crippen MR) is 96.5 cm³/mol. The van der Waals surface area contributed by atoms with Gasteiger partial charge in [0.2, 0.25) is 15.9 Å². The van der Waals surface area contributed by atoms with Crippen LogP contribution in [0.1, 0.15) is 31.2 Å². The van der Waals surface area contributed by atoms with Gasteiger partial charge in [0.1, 0.15) is 0 Å². The van der Waals surface area contributed by atoms with Gasteiger partial charge in [0.25, 0.3) is 0 Å². The lowest BCUT2D eigenvalue weighted by atomic mass is 9.72. The van der Waals surface area contributed by atoms with Gasteiger partial charge in [-0.3, -0.25) is 4.79 Å². The number of rotatable bonds is 4. The molecule has 0 radical (unpaired) electrons. The van der Waals surface area contributed by atoms with Gasteiger partial charge in [-0.25, -0.2) is 12.7 Å². The highest BCUT2D eigenvalue weighted by atomic mass is 32.2. The fourth-order valence-electron chi connectivity index (χ4n) is 3.81. The minimum atomic E-state index is -3.41. The number of sulfonamides is 1. The highest BCUT2D eigenvalue weighted by Crippen LogP contribution is 2.38. The van der Waals surface area contributed by atoms with E-state index in [-0.39, 0.29) is 16.2 Å². The fourth-order valence-corrected chi connectivity index (χ4v) is 4.71. The van der Waals surface area contributed by atoms with Crippen LogP contribution in [-0.2, 0) is 21.4 Å². The van der Waals surface area contributed by atoms with Crippen molar-refractivity contribution >= 4 is 15.9 Å². The molecule has 0 aliphatic carbocycles. The first kappa shape index (κ1) is 18.4. The van der Waals surface area contributed by atoms with Gasteiger partial charge in [-0.1, -0.05) is 12.1 Å². The largest absolute Gasteiger partial charge is 0.338 e. The van der Waals surface area contributed by atoms with E-state index in [1.54, 1.807) is 12.1 Å². The number of amides is 1. The molecule has 0 saturated carbocycles. The molecule has 138 valence electrons. The first-order valence-electron chi connectivity index (χ1n) is 8.82. The van der Waals surface area contributed by atoms with Gasteiger partial charge < -0.3 is 10.2 Å². The lowest BCUT2D eigenvalue weighted by Crippen LogP contribution is -2.50. The van der Waals surface area contributed by atoms with Gasteiger partial charge in [0, 0.05) is 33.6 Å². The number of benzene rings is 1. The summed E-state index contributed by atoms with van der Waals surface area (Å²) >= 11 is 0. The lowest BCUT2D eigenvalue weighted by Gasteiger charge is -2.45. The van der Waals surface area contributed by atoms with E-state index in [1.807, 2.05) is 17.0 Å². The summed E-state index contributed by atoms with van der Waals surface area (Å²) in [5.41, 5.74) is 1.23. The van der Waals surface area contributed by atoms with E-state index in [2.05, 4.69) is 5.32 Å². The maximum atomic E-state index is 12.3. The van der Waals surface area contributed by atoms with Crippen LogP contribution in [0.3, 0.4) is 0 Å². The van der Waals surface area contributed by atoms with Gasteiger partial charge in [-0.05, 0) is 55.5 Å². The second kappa shape index (κ2) is 7.05. The smallest absolute Gasteiger partial charge is 0.242 e. The molecule has 2 saturated heterocycles. The highest BCUT2D eigenvalue weighted by molar-refractivity contribution is 7.89. The standard InChI is InChI=1S/C18H27N3O3S/c1-20(2)25(23,24)16-5-3-15(4-6-16)13-21-14-18(8-7-17(21)22)9-11-19-12-10-18/h3-6,19H,7-14H2,1-2H3. The minimum Gasteiger partial charge on any atom is -0.338 e. The Morgan fingerprint density at radius 2 is 1.76 bits per heavy atom. The zero-order valence-electron chi connectivity index (χ0n) is 15.0. The third-order valence-electron chi connectivity index (χ3n) is 5.49. The molecule has 1 spiro atoms. The van der Waals surface area contributed by atoms with Crippen LogP contribution in [0.5, 0.6) is 0 Å². The number of carbonyl (C=O) groups excluding carboxylic acids is 1. The predicted octanol–water partition coefficient (Wildman–Crippen LogP) is 1.43. The molecule has 1 N–H and O–H groups in total. The quantitative estimate of drug-likeness (QED) is 0.876. The molecule has 0 atom stereocenters. The molecular weight excluding hydrogens is 338 g/mol. The molecule has 1 aromatic rings. The molecule has 3 rings (SSSR count). The number of nitrogens with zero attached hydrogens (tertiary/aromatic N) is 2. The molecule has 1 amide bonds. The number of nitrogens with one attached hydrogen (secondary N) is 1. The monoisotopic (exact) mass is 365 g/mol. The third kappa shape index (κ3) is 3.88. The summed E-state index contributed by atoms with van der Waals surface area (Å²) in [6.07, 6.45) is 3.85. The molecule has 2 aliphatic heterocycles. The van der Waals surface area contributed by atoms with Crippen molar-refractivity contribution in [2.45, 2.75) is 37.1 Å². The average molecular weight is 365 g/mol. The SMILES string of the molecule is CN(C)S(=O)(=O)c1ccc(CN2CC3(CCNCC3)CCC2=O)cc1.